The molecule has 0 bridgehead atoms. The third-order valence-electron chi connectivity index (χ3n) is 1.30. The van der Waals surface area contributed by atoms with Crippen molar-refractivity contribution in [3.63, 3.8) is 0 Å². The second-order valence-corrected chi connectivity index (χ2v) is 5.78. The van der Waals surface area contributed by atoms with Crippen LogP contribution in [0.4, 0.5) is 0 Å². The van der Waals surface area contributed by atoms with Gasteiger partial charge >= 0.3 is 29.6 Å². The summed E-state index contributed by atoms with van der Waals surface area (Å²) in [6, 6.07) is 0. The SMILES string of the molecule is O=S(=O)(O)CCCCCS(=O)(=O)O.[H-].[Na+]. The van der Waals surface area contributed by atoms with E-state index in [-0.39, 0.29) is 55.3 Å². The first kappa shape index (κ1) is 17.2. The van der Waals surface area contributed by atoms with Gasteiger partial charge in [-0.1, -0.05) is 6.42 Å². The molecule has 6 nitrogen and oxygen atoms in total. The minimum atomic E-state index is -3.95. The van der Waals surface area contributed by atoms with Crippen molar-refractivity contribution < 1.29 is 56.9 Å². The molecule has 0 radical (unpaired) electrons. The minimum absolute atomic E-state index is 0. The second kappa shape index (κ2) is 7.15. The fourth-order valence-corrected chi connectivity index (χ4v) is 1.88. The van der Waals surface area contributed by atoms with Crippen molar-refractivity contribution in [2.45, 2.75) is 19.3 Å². The molecule has 82 valence electrons. The van der Waals surface area contributed by atoms with Gasteiger partial charge in [0.2, 0.25) is 0 Å². The largest absolute Gasteiger partial charge is 1.00 e. The van der Waals surface area contributed by atoms with Crippen LogP contribution in [-0.2, 0) is 20.2 Å². The molecule has 0 spiro atoms. The van der Waals surface area contributed by atoms with E-state index in [4.69, 9.17) is 9.11 Å². The van der Waals surface area contributed by atoms with E-state index in [0.717, 1.165) is 0 Å². The Morgan fingerprint density at radius 1 is 0.786 bits per heavy atom. The first-order valence-electron chi connectivity index (χ1n) is 3.61. The molecule has 0 aliphatic heterocycles. The van der Waals surface area contributed by atoms with Crippen molar-refractivity contribution in [2.24, 2.45) is 0 Å². The summed E-state index contributed by atoms with van der Waals surface area (Å²) in [7, 11) is -7.90. The zero-order chi connectivity index (χ0) is 10.5. The predicted molar refractivity (Wildman–Crippen MR) is 47.8 cm³/mol. The van der Waals surface area contributed by atoms with Gasteiger partial charge in [0.15, 0.2) is 0 Å². The summed E-state index contributed by atoms with van der Waals surface area (Å²) >= 11 is 0. The third kappa shape index (κ3) is 15.3. The van der Waals surface area contributed by atoms with Crippen molar-refractivity contribution in [1.82, 2.24) is 0 Å². The van der Waals surface area contributed by atoms with Crippen LogP contribution in [0.15, 0.2) is 0 Å². The van der Waals surface area contributed by atoms with Crippen LogP contribution in [0.5, 0.6) is 0 Å². The molecule has 9 heteroatoms. The first-order valence-corrected chi connectivity index (χ1v) is 6.83. The molecular formula is C5H13NaO6S2. The van der Waals surface area contributed by atoms with Crippen molar-refractivity contribution >= 4 is 20.2 Å². The van der Waals surface area contributed by atoms with E-state index in [9.17, 15) is 16.8 Å². The predicted octanol–water partition coefficient (Wildman–Crippen LogP) is -2.95. The average molecular weight is 256 g/mol. The first-order chi connectivity index (χ1) is 5.71. The van der Waals surface area contributed by atoms with Crippen LogP contribution in [0.1, 0.15) is 20.7 Å². The fraction of sp³-hybridized carbons (Fsp3) is 1.00. The van der Waals surface area contributed by atoms with Gasteiger partial charge in [0.25, 0.3) is 20.2 Å². The molecule has 0 aliphatic carbocycles. The zero-order valence-corrected chi connectivity index (χ0v) is 11.5. The molecule has 0 heterocycles. The second-order valence-electron chi connectivity index (χ2n) is 2.63. The summed E-state index contributed by atoms with van der Waals surface area (Å²) in [5, 5.41) is 0. The van der Waals surface area contributed by atoms with Gasteiger partial charge in [-0.15, -0.1) is 0 Å². The Morgan fingerprint density at radius 2 is 1.07 bits per heavy atom. The van der Waals surface area contributed by atoms with E-state index < -0.39 is 20.2 Å². The average Bonchev–Trinajstić information content (AvgIpc) is 1.81. The van der Waals surface area contributed by atoms with E-state index >= 15 is 0 Å². The summed E-state index contributed by atoms with van der Waals surface area (Å²) in [5.41, 5.74) is 0. The molecular weight excluding hydrogens is 243 g/mol. The monoisotopic (exact) mass is 256 g/mol. The topological polar surface area (TPSA) is 109 Å². The molecule has 0 aromatic heterocycles. The van der Waals surface area contributed by atoms with Crippen LogP contribution < -0.4 is 29.6 Å². The molecule has 0 saturated heterocycles. The Morgan fingerprint density at radius 3 is 1.29 bits per heavy atom. The third-order valence-corrected chi connectivity index (χ3v) is 2.91. The molecule has 0 fully saturated rings. The van der Waals surface area contributed by atoms with Gasteiger partial charge in [-0.05, 0) is 12.8 Å². The maximum atomic E-state index is 10.2. The van der Waals surface area contributed by atoms with Gasteiger partial charge in [0.1, 0.15) is 0 Å². The van der Waals surface area contributed by atoms with Gasteiger partial charge in [0.05, 0.1) is 11.5 Å². The summed E-state index contributed by atoms with van der Waals surface area (Å²) in [5.74, 6) is -0.753. The van der Waals surface area contributed by atoms with E-state index in [2.05, 4.69) is 0 Å². The normalized spacial score (nSPS) is 12.1. The Labute approximate surface area is 107 Å². The number of hydrogen-bond acceptors (Lipinski definition) is 4. The number of hydrogen-bond donors (Lipinski definition) is 2. The van der Waals surface area contributed by atoms with Crippen LogP contribution >= 0.6 is 0 Å². The quantitative estimate of drug-likeness (QED) is 0.299. The molecule has 0 saturated carbocycles. The van der Waals surface area contributed by atoms with E-state index in [1.807, 2.05) is 0 Å². The number of rotatable bonds is 6. The van der Waals surface area contributed by atoms with E-state index in [0.29, 0.717) is 6.42 Å². The molecule has 0 unspecified atom stereocenters. The Balaban J connectivity index is -0.000000720. The summed E-state index contributed by atoms with van der Waals surface area (Å²) in [6.07, 6.45) is 0.711. The van der Waals surface area contributed by atoms with Crippen LogP contribution in [0, 0.1) is 0 Å². The van der Waals surface area contributed by atoms with Gasteiger partial charge in [-0.25, -0.2) is 0 Å². The Hall–Kier alpha value is 0.820. The molecule has 0 aromatic carbocycles. The zero-order valence-electron chi connectivity index (χ0n) is 8.88. The Bertz CT molecular complexity index is 303. The summed E-state index contributed by atoms with van der Waals surface area (Å²) in [4.78, 5) is 0. The van der Waals surface area contributed by atoms with Gasteiger partial charge in [0, 0.05) is 0 Å². The maximum absolute atomic E-state index is 10.2. The smallest absolute Gasteiger partial charge is 1.00 e. The van der Waals surface area contributed by atoms with E-state index in [1.54, 1.807) is 0 Å². The summed E-state index contributed by atoms with van der Waals surface area (Å²) in [6.45, 7) is 0. The van der Waals surface area contributed by atoms with E-state index in [1.165, 1.54) is 0 Å². The van der Waals surface area contributed by atoms with Gasteiger partial charge in [-0.2, -0.15) is 16.8 Å². The molecule has 0 atom stereocenters. The molecule has 14 heavy (non-hydrogen) atoms. The van der Waals surface area contributed by atoms with Crippen molar-refractivity contribution in [1.29, 1.82) is 0 Å². The number of unbranched alkanes of at least 4 members (excludes halogenated alkanes) is 2. The maximum Gasteiger partial charge on any atom is 1.00 e. The van der Waals surface area contributed by atoms with Crippen LogP contribution in [0.3, 0.4) is 0 Å². The van der Waals surface area contributed by atoms with Crippen LogP contribution in [0.25, 0.3) is 0 Å². The molecule has 2 N–H and O–H groups in total. The molecule has 0 rings (SSSR count). The molecule has 0 aliphatic rings. The summed E-state index contributed by atoms with van der Waals surface area (Å²) < 4.78 is 57.3. The molecule has 0 aromatic rings. The van der Waals surface area contributed by atoms with Crippen molar-refractivity contribution in [2.75, 3.05) is 11.5 Å². The molecule has 0 amide bonds. The van der Waals surface area contributed by atoms with Crippen molar-refractivity contribution in [3.05, 3.63) is 0 Å². The Kier molecular flexibility index (Phi) is 8.80. The fourth-order valence-electron chi connectivity index (χ4n) is 0.746. The standard InChI is InChI=1S/C5H12O6S2.Na.H/c6-12(7,8)4-2-1-3-5-13(9,10)11;;/h1-5H2,(H,6,7,8)(H,9,10,11);;/q;+1;-1. The van der Waals surface area contributed by atoms with Gasteiger partial charge in [-0.3, -0.25) is 9.11 Å². The van der Waals surface area contributed by atoms with Crippen LogP contribution in [0.2, 0.25) is 0 Å². The van der Waals surface area contributed by atoms with Crippen LogP contribution in [-0.4, -0.2) is 37.4 Å². The van der Waals surface area contributed by atoms with Crippen molar-refractivity contribution in [3.8, 4) is 0 Å². The minimum Gasteiger partial charge on any atom is -1.00 e. The van der Waals surface area contributed by atoms with Gasteiger partial charge < -0.3 is 1.43 Å².